The van der Waals surface area contributed by atoms with Crippen molar-refractivity contribution in [2.45, 2.75) is 0 Å². The van der Waals surface area contributed by atoms with E-state index in [0.717, 1.165) is 16.8 Å². The van der Waals surface area contributed by atoms with Gasteiger partial charge in [0.05, 0.1) is 0 Å². The van der Waals surface area contributed by atoms with Crippen LogP contribution in [0.3, 0.4) is 0 Å². The fraction of sp³-hybridized carbons (Fsp3) is 0.111. The van der Waals surface area contributed by atoms with Crippen molar-refractivity contribution < 1.29 is 4.79 Å². The molecule has 22 heavy (non-hydrogen) atoms. The molecule has 0 radical (unpaired) electrons. The first-order valence-corrected chi connectivity index (χ1v) is 7.08. The van der Waals surface area contributed by atoms with E-state index in [-0.39, 0.29) is 5.91 Å². The molecule has 1 heterocycles. The van der Waals surface area contributed by atoms with Crippen LogP contribution in [0, 0.1) is 0 Å². The van der Waals surface area contributed by atoms with Gasteiger partial charge >= 0.3 is 0 Å². The van der Waals surface area contributed by atoms with Crippen LogP contribution in [0.25, 0.3) is 6.08 Å². The summed E-state index contributed by atoms with van der Waals surface area (Å²) < 4.78 is 0. The second-order valence-corrected chi connectivity index (χ2v) is 5.30. The number of hydrogen-bond acceptors (Lipinski definition) is 3. The third-order valence-electron chi connectivity index (χ3n) is 3.46. The van der Waals surface area contributed by atoms with Gasteiger partial charge in [-0.1, -0.05) is 42.5 Å². The zero-order chi connectivity index (χ0) is 15.5. The Hall–Kier alpha value is -2.88. The van der Waals surface area contributed by atoms with Crippen LogP contribution in [0.4, 0.5) is 5.69 Å². The molecule has 0 bridgehead atoms. The highest BCUT2D eigenvalue weighted by Crippen LogP contribution is 2.17. The van der Waals surface area contributed by atoms with Crippen molar-refractivity contribution in [3.05, 3.63) is 71.4 Å². The number of benzene rings is 2. The molecule has 4 nitrogen and oxygen atoms in total. The van der Waals surface area contributed by atoms with Gasteiger partial charge in [-0.05, 0) is 23.8 Å². The third kappa shape index (κ3) is 2.91. The van der Waals surface area contributed by atoms with Gasteiger partial charge in [-0.25, -0.2) is 4.99 Å². The molecule has 4 heteroatoms. The van der Waals surface area contributed by atoms with Crippen molar-refractivity contribution in [3.8, 4) is 0 Å². The van der Waals surface area contributed by atoms with Gasteiger partial charge in [-0.3, -0.25) is 4.79 Å². The number of aliphatic imine (C=N–C) groups is 1. The monoisotopic (exact) mass is 291 g/mol. The highest BCUT2D eigenvalue weighted by atomic mass is 16.2. The summed E-state index contributed by atoms with van der Waals surface area (Å²) in [5, 5.41) is 2.80. The Kier molecular flexibility index (Phi) is 3.74. The Morgan fingerprint density at radius 3 is 2.32 bits per heavy atom. The minimum absolute atomic E-state index is 0.171. The summed E-state index contributed by atoms with van der Waals surface area (Å²) in [6.45, 7) is 0. The Labute approximate surface area is 129 Å². The molecule has 2 aromatic carbocycles. The number of rotatable bonds is 3. The first-order valence-electron chi connectivity index (χ1n) is 7.08. The molecule has 0 atom stereocenters. The number of anilines is 1. The van der Waals surface area contributed by atoms with Crippen molar-refractivity contribution in [3.63, 3.8) is 0 Å². The maximum Gasteiger partial charge on any atom is 0.275 e. The van der Waals surface area contributed by atoms with Gasteiger partial charge in [0.15, 0.2) is 0 Å². The van der Waals surface area contributed by atoms with E-state index in [1.165, 1.54) is 0 Å². The van der Waals surface area contributed by atoms with Gasteiger partial charge < -0.3 is 10.2 Å². The largest absolute Gasteiger partial charge is 0.378 e. The number of nitrogens with zero attached hydrogens (tertiary/aromatic N) is 2. The van der Waals surface area contributed by atoms with Gasteiger partial charge in [-0.2, -0.15) is 0 Å². The quantitative estimate of drug-likeness (QED) is 0.884. The average molecular weight is 291 g/mol. The molecule has 3 rings (SSSR count). The normalized spacial score (nSPS) is 15.6. The Morgan fingerprint density at radius 1 is 1.00 bits per heavy atom. The second-order valence-electron chi connectivity index (χ2n) is 5.30. The number of nitrogens with one attached hydrogen (secondary N) is 1. The lowest BCUT2D eigenvalue weighted by molar-refractivity contribution is -0.115. The first-order chi connectivity index (χ1) is 10.6. The minimum Gasteiger partial charge on any atom is -0.378 e. The first kappa shape index (κ1) is 14.1. The van der Waals surface area contributed by atoms with Crippen LogP contribution in [0.2, 0.25) is 0 Å². The second kappa shape index (κ2) is 5.85. The fourth-order valence-corrected chi connectivity index (χ4v) is 2.23. The summed E-state index contributed by atoms with van der Waals surface area (Å²) in [7, 11) is 3.99. The van der Waals surface area contributed by atoms with Crippen molar-refractivity contribution >= 4 is 23.5 Å². The number of hydrogen-bond donors (Lipinski definition) is 1. The van der Waals surface area contributed by atoms with E-state index in [1.807, 2.05) is 73.6 Å². The van der Waals surface area contributed by atoms with Crippen molar-refractivity contribution in [2.24, 2.45) is 4.99 Å². The third-order valence-corrected chi connectivity index (χ3v) is 3.46. The van der Waals surface area contributed by atoms with Crippen molar-refractivity contribution in [1.82, 2.24) is 5.32 Å². The van der Waals surface area contributed by atoms with E-state index in [2.05, 4.69) is 10.3 Å². The molecule has 0 fully saturated rings. The lowest BCUT2D eigenvalue weighted by Crippen LogP contribution is -2.24. The topological polar surface area (TPSA) is 44.7 Å². The number of carbonyl (C=O) groups excluding carboxylic acids is 1. The van der Waals surface area contributed by atoms with E-state index in [4.69, 9.17) is 0 Å². The summed E-state index contributed by atoms with van der Waals surface area (Å²) in [5.74, 6) is 0.428. The van der Waals surface area contributed by atoms with E-state index in [9.17, 15) is 4.79 Å². The van der Waals surface area contributed by atoms with Crippen molar-refractivity contribution in [2.75, 3.05) is 19.0 Å². The molecular weight excluding hydrogens is 274 g/mol. The number of amides is 1. The van der Waals surface area contributed by atoms with Crippen LogP contribution in [-0.2, 0) is 4.79 Å². The molecule has 1 amide bonds. The molecule has 0 saturated carbocycles. The van der Waals surface area contributed by atoms with E-state index >= 15 is 0 Å². The standard InChI is InChI=1S/C18H17N3O/c1-21(2)15-10-8-13(9-11-15)12-16-18(22)20-17(19-16)14-6-4-3-5-7-14/h3-12H,1-2H3,(H,19,20,22)/b16-12-. The van der Waals surface area contributed by atoms with Gasteiger partial charge in [0.2, 0.25) is 0 Å². The van der Waals surface area contributed by atoms with Crippen LogP contribution >= 0.6 is 0 Å². The van der Waals surface area contributed by atoms with Gasteiger partial charge in [0.1, 0.15) is 11.5 Å². The Balaban J connectivity index is 1.87. The maximum atomic E-state index is 12.0. The molecule has 1 aliphatic rings. The van der Waals surface area contributed by atoms with Crippen LogP contribution in [0.1, 0.15) is 11.1 Å². The molecule has 0 aliphatic carbocycles. The lowest BCUT2D eigenvalue weighted by atomic mass is 10.1. The highest BCUT2D eigenvalue weighted by molar-refractivity contribution is 6.19. The SMILES string of the molecule is CN(C)c1ccc(/C=C2\N=C(c3ccccc3)NC2=O)cc1. The van der Waals surface area contributed by atoms with E-state index in [0.29, 0.717) is 11.5 Å². The Bertz CT molecular complexity index is 744. The summed E-state index contributed by atoms with van der Waals surface area (Å²) in [6.07, 6.45) is 1.80. The summed E-state index contributed by atoms with van der Waals surface area (Å²) in [6, 6.07) is 17.6. The smallest absolute Gasteiger partial charge is 0.275 e. The zero-order valence-electron chi connectivity index (χ0n) is 12.6. The average Bonchev–Trinajstić information content (AvgIpc) is 2.90. The predicted octanol–water partition coefficient (Wildman–Crippen LogP) is 2.67. The fourth-order valence-electron chi connectivity index (χ4n) is 2.23. The van der Waals surface area contributed by atoms with Gasteiger partial charge in [-0.15, -0.1) is 0 Å². The van der Waals surface area contributed by atoms with Gasteiger partial charge in [0, 0.05) is 25.3 Å². The molecule has 0 aromatic heterocycles. The van der Waals surface area contributed by atoms with E-state index < -0.39 is 0 Å². The number of carbonyl (C=O) groups is 1. The Morgan fingerprint density at radius 2 is 1.68 bits per heavy atom. The molecule has 1 N–H and O–H groups in total. The molecular formula is C18H17N3O. The van der Waals surface area contributed by atoms with Crippen LogP contribution in [0.15, 0.2) is 65.3 Å². The molecule has 2 aromatic rings. The minimum atomic E-state index is -0.171. The van der Waals surface area contributed by atoms with Crippen LogP contribution in [-0.4, -0.2) is 25.8 Å². The van der Waals surface area contributed by atoms with Crippen LogP contribution < -0.4 is 10.2 Å². The molecule has 0 saturated heterocycles. The van der Waals surface area contributed by atoms with Crippen LogP contribution in [0.5, 0.6) is 0 Å². The lowest BCUT2D eigenvalue weighted by Gasteiger charge is -2.11. The molecule has 0 spiro atoms. The molecule has 0 unspecified atom stereocenters. The highest BCUT2D eigenvalue weighted by Gasteiger charge is 2.20. The predicted molar refractivity (Wildman–Crippen MR) is 89.9 cm³/mol. The summed E-state index contributed by atoms with van der Waals surface area (Å²) in [5.41, 5.74) is 3.40. The zero-order valence-corrected chi connectivity index (χ0v) is 12.6. The summed E-state index contributed by atoms with van der Waals surface area (Å²) in [4.78, 5) is 18.5. The summed E-state index contributed by atoms with van der Waals surface area (Å²) >= 11 is 0. The number of amidine groups is 1. The van der Waals surface area contributed by atoms with Gasteiger partial charge in [0.25, 0.3) is 5.91 Å². The van der Waals surface area contributed by atoms with Crippen molar-refractivity contribution in [1.29, 1.82) is 0 Å². The van der Waals surface area contributed by atoms with E-state index in [1.54, 1.807) is 6.08 Å². The molecule has 1 aliphatic heterocycles. The maximum absolute atomic E-state index is 12.0. The molecule has 110 valence electrons.